The van der Waals surface area contributed by atoms with Crippen LogP contribution in [0, 0.1) is 0 Å². The molecular weight excluding hydrogens is 280 g/mol. The van der Waals surface area contributed by atoms with E-state index in [1.54, 1.807) is 0 Å². The molecule has 0 saturated carbocycles. The van der Waals surface area contributed by atoms with Gasteiger partial charge >= 0.3 is 0 Å². The highest BCUT2D eigenvalue weighted by Gasteiger charge is 2.31. The highest BCUT2D eigenvalue weighted by molar-refractivity contribution is 7.91. The summed E-state index contributed by atoms with van der Waals surface area (Å²) in [7, 11) is -2.86. The molecule has 116 valence electrons. The summed E-state index contributed by atoms with van der Waals surface area (Å²) in [6.07, 6.45) is 1.16. The van der Waals surface area contributed by atoms with Crippen molar-refractivity contribution in [2.45, 2.75) is 25.8 Å². The first-order valence-corrected chi connectivity index (χ1v) is 9.14. The molecule has 0 bridgehead atoms. The Balaban J connectivity index is 1.80. The first kappa shape index (κ1) is 15.7. The second-order valence-electron chi connectivity index (χ2n) is 5.43. The number of ether oxygens (including phenoxy) is 1. The molecule has 1 amide bonds. The van der Waals surface area contributed by atoms with Gasteiger partial charge in [-0.25, -0.2) is 8.42 Å². The lowest BCUT2D eigenvalue weighted by molar-refractivity contribution is -0.135. The minimum Gasteiger partial charge on any atom is -0.378 e. The third kappa shape index (κ3) is 4.17. The Bertz CT molecular complexity index is 432. The molecule has 0 spiro atoms. The Kier molecular flexibility index (Phi) is 5.40. The van der Waals surface area contributed by atoms with Crippen molar-refractivity contribution >= 4 is 15.7 Å². The van der Waals surface area contributed by atoms with Gasteiger partial charge in [-0.05, 0) is 13.0 Å². The van der Waals surface area contributed by atoms with Crippen molar-refractivity contribution in [3.8, 4) is 0 Å². The molecule has 0 aromatic rings. The van der Waals surface area contributed by atoms with Crippen molar-refractivity contribution in [2.75, 3.05) is 50.9 Å². The maximum atomic E-state index is 12.1. The van der Waals surface area contributed by atoms with E-state index in [4.69, 9.17) is 4.74 Å². The lowest BCUT2D eigenvalue weighted by atomic mass is 10.2. The molecule has 6 nitrogen and oxygen atoms in total. The van der Waals surface area contributed by atoms with Crippen LogP contribution in [-0.2, 0) is 19.4 Å². The third-order valence-electron chi connectivity index (χ3n) is 4.11. The molecule has 2 saturated heterocycles. The Morgan fingerprint density at radius 1 is 1.35 bits per heavy atom. The molecule has 2 aliphatic rings. The summed E-state index contributed by atoms with van der Waals surface area (Å²) in [5.74, 6) is 0.672. The van der Waals surface area contributed by atoms with Crippen molar-refractivity contribution in [3.63, 3.8) is 0 Å². The molecule has 0 aromatic heterocycles. The van der Waals surface area contributed by atoms with E-state index in [1.165, 1.54) is 0 Å². The molecule has 1 unspecified atom stereocenters. The maximum absolute atomic E-state index is 12.1. The highest BCUT2D eigenvalue weighted by Crippen LogP contribution is 2.18. The van der Waals surface area contributed by atoms with Gasteiger partial charge in [0.1, 0.15) is 0 Å². The van der Waals surface area contributed by atoms with Crippen molar-refractivity contribution in [1.82, 2.24) is 9.80 Å². The van der Waals surface area contributed by atoms with Crippen LogP contribution in [0.4, 0.5) is 0 Å². The second kappa shape index (κ2) is 6.87. The van der Waals surface area contributed by atoms with E-state index in [0.717, 1.165) is 6.54 Å². The number of morpholine rings is 1. The number of nitrogens with zero attached hydrogens (tertiary/aromatic N) is 2. The quantitative estimate of drug-likeness (QED) is 0.700. The lowest BCUT2D eigenvalue weighted by Crippen LogP contribution is -2.43. The summed E-state index contributed by atoms with van der Waals surface area (Å²) in [6, 6.07) is 0.0856. The van der Waals surface area contributed by atoms with E-state index >= 15 is 0 Å². The zero-order valence-electron chi connectivity index (χ0n) is 12.1. The van der Waals surface area contributed by atoms with E-state index in [9.17, 15) is 13.2 Å². The van der Waals surface area contributed by atoms with Crippen LogP contribution in [0.3, 0.4) is 0 Å². The predicted octanol–water partition coefficient (Wildman–Crippen LogP) is -0.256. The SMILES string of the molecule is CCN(CCC(=O)N1CCOCC1)C1CCS(=O)(=O)C1. The molecule has 1 atom stereocenters. The van der Waals surface area contributed by atoms with E-state index < -0.39 is 9.84 Å². The van der Waals surface area contributed by atoms with Crippen LogP contribution < -0.4 is 0 Å². The maximum Gasteiger partial charge on any atom is 0.224 e. The number of carbonyl (C=O) groups excluding carboxylic acids is 1. The van der Waals surface area contributed by atoms with Crippen LogP contribution >= 0.6 is 0 Å². The molecule has 20 heavy (non-hydrogen) atoms. The van der Waals surface area contributed by atoms with Crippen LogP contribution in [0.15, 0.2) is 0 Å². The minimum absolute atomic E-state index is 0.0856. The van der Waals surface area contributed by atoms with Crippen LogP contribution in [0.25, 0.3) is 0 Å². The fourth-order valence-electron chi connectivity index (χ4n) is 2.87. The van der Waals surface area contributed by atoms with Gasteiger partial charge in [0.15, 0.2) is 9.84 Å². The fourth-order valence-corrected chi connectivity index (χ4v) is 4.63. The number of hydrogen-bond donors (Lipinski definition) is 0. The summed E-state index contributed by atoms with van der Waals surface area (Å²) in [5.41, 5.74) is 0. The molecule has 0 aromatic carbocycles. The first-order chi connectivity index (χ1) is 9.52. The van der Waals surface area contributed by atoms with Gasteiger partial charge in [-0.2, -0.15) is 0 Å². The highest BCUT2D eigenvalue weighted by atomic mass is 32.2. The normalized spacial score (nSPS) is 26.1. The lowest BCUT2D eigenvalue weighted by Gasteiger charge is -2.30. The number of amides is 1. The Hall–Kier alpha value is -0.660. The van der Waals surface area contributed by atoms with Crippen molar-refractivity contribution < 1.29 is 17.9 Å². The average molecular weight is 304 g/mol. The monoisotopic (exact) mass is 304 g/mol. The molecule has 0 aliphatic carbocycles. The molecule has 0 radical (unpaired) electrons. The summed E-state index contributed by atoms with van der Waals surface area (Å²) < 4.78 is 28.3. The minimum atomic E-state index is -2.86. The van der Waals surface area contributed by atoms with Crippen LogP contribution in [-0.4, -0.2) is 81.1 Å². The van der Waals surface area contributed by atoms with Gasteiger partial charge in [-0.3, -0.25) is 9.69 Å². The number of sulfone groups is 1. The smallest absolute Gasteiger partial charge is 0.224 e. The summed E-state index contributed by atoms with van der Waals surface area (Å²) >= 11 is 0. The fraction of sp³-hybridized carbons (Fsp3) is 0.923. The molecule has 2 aliphatic heterocycles. The topological polar surface area (TPSA) is 66.9 Å². The van der Waals surface area contributed by atoms with Crippen LogP contribution in [0.2, 0.25) is 0 Å². The van der Waals surface area contributed by atoms with Gasteiger partial charge in [0, 0.05) is 32.1 Å². The zero-order valence-corrected chi connectivity index (χ0v) is 12.9. The summed E-state index contributed by atoms with van der Waals surface area (Å²) in [4.78, 5) is 16.1. The van der Waals surface area contributed by atoms with Crippen LogP contribution in [0.5, 0.6) is 0 Å². The van der Waals surface area contributed by atoms with Crippen molar-refractivity contribution in [2.24, 2.45) is 0 Å². The molecule has 0 N–H and O–H groups in total. The van der Waals surface area contributed by atoms with Gasteiger partial charge in [-0.15, -0.1) is 0 Å². The average Bonchev–Trinajstić information content (AvgIpc) is 2.80. The summed E-state index contributed by atoms with van der Waals surface area (Å²) in [6.45, 7) is 6.02. The Morgan fingerprint density at radius 2 is 2.05 bits per heavy atom. The third-order valence-corrected chi connectivity index (χ3v) is 5.86. The van der Waals surface area contributed by atoms with Crippen molar-refractivity contribution in [3.05, 3.63) is 0 Å². The van der Waals surface area contributed by atoms with Crippen LogP contribution in [0.1, 0.15) is 19.8 Å². The summed E-state index contributed by atoms with van der Waals surface area (Å²) in [5, 5.41) is 0. The predicted molar refractivity (Wildman–Crippen MR) is 76.3 cm³/mol. The molecule has 2 fully saturated rings. The van der Waals surface area contributed by atoms with E-state index in [1.807, 2.05) is 11.8 Å². The Morgan fingerprint density at radius 3 is 2.60 bits per heavy atom. The van der Waals surface area contributed by atoms with Crippen molar-refractivity contribution in [1.29, 1.82) is 0 Å². The molecule has 2 rings (SSSR count). The van der Waals surface area contributed by atoms with Gasteiger partial charge in [0.05, 0.1) is 24.7 Å². The molecular formula is C13H24N2O4S. The molecule has 2 heterocycles. The Labute approximate surface area is 121 Å². The number of carbonyl (C=O) groups is 1. The van der Waals surface area contributed by atoms with E-state index in [0.29, 0.717) is 45.7 Å². The number of hydrogen-bond acceptors (Lipinski definition) is 5. The molecule has 7 heteroatoms. The standard InChI is InChI=1S/C13H24N2O4S/c1-2-14(12-4-10-20(17,18)11-12)5-3-13(16)15-6-8-19-9-7-15/h12H,2-11H2,1H3. The number of rotatable bonds is 5. The largest absolute Gasteiger partial charge is 0.378 e. The van der Waals surface area contributed by atoms with E-state index in [2.05, 4.69) is 4.90 Å². The second-order valence-corrected chi connectivity index (χ2v) is 7.66. The van der Waals surface area contributed by atoms with Gasteiger partial charge in [-0.1, -0.05) is 6.92 Å². The zero-order chi connectivity index (χ0) is 14.6. The van der Waals surface area contributed by atoms with E-state index in [-0.39, 0.29) is 23.5 Å². The van der Waals surface area contributed by atoms with Gasteiger partial charge in [0.2, 0.25) is 5.91 Å². The first-order valence-electron chi connectivity index (χ1n) is 7.32. The van der Waals surface area contributed by atoms with Gasteiger partial charge < -0.3 is 9.64 Å². The van der Waals surface area contributed by atoms with Gasteiger partial charge in [0.25, 0.3) is 0 Å².